The average molecular weight is 856 g/mol. The minimum atomic E-state index is -0.674. The summed E-state index contributed by atoms with van der Waals surface area (Å²) in [6, 6.07) is 24.1. The first kappa shape index (κ1) is 45.0. The highest BCUT2D eigenvalue weighted by molar-refractivity contribution is 6.09. The maximum absolute atomic E-state index is 14.3. The van der Waals surface area contributed by atoms with E-state index in [1.54, 1.807) is 10.9 Å². The van der Waals surface area contributed by atoms with E-state index in [1.807, 2.05) is 29.1 Å². The van der Waals surface area contributed by atoms with Gasteiger partial charge in [-0.15, -0.1) is 10.2 Å². The standard InChI is InChI=1S/C49H65N11O3/c1-34(2)25-28-62-44-23-21-36-15-6-8-18-41(36)46(44)47-42-19-9-7-16-37(42)22-24-45(47)63-33-40-32-60(58-56-40)43(20-12-27-53-49(51)52)48(61)54-38(17-10-11-26-50)30-59-31-39(55-57-59)29-35-13-4-3-5-14-35/h6-9,15-16,18-19,21-24,31-32,34-35,38,43H,3-5,10-14,17,20,25-30,33,50H2,1-2H3,(H,54,61)(H4,51,52,53)/t38-,43-/m1/s1. The third-order valence-electron chi connectivity index (χ3n) is 12.0. The molecule has 14 nitrogen and oxygen atoms in total. The highest BCUT2D eigenvalue weighted by Crippen LogP contribution is 2.45. The van der Waals surface area contributed by atoms with Crippen molar-refractivity contribution < 1.29 is 14.3 Å². The van der Waals surface area contributed by atoms with Crippen LogP contribution in [0.2, 0.25) is 0 Å². The lowest BCUT2D eigenvalue weighted by molar-refractivity contribution is -0.125. The summed E-state index contributed by atoms with van der Waals surface area (Å²) in [4.78, 5) is 18.5. The van der Waals surface area contributed by atoms with E-state index in [4.69, 9.17) is 26.7 Å². The van der Waals surface area contributed by atoms with Crippen LogP contribution >= 0.6 is 0 Å². The van der Waals surface area contributed by atoms with Gasteiger partial charge in [-0.3, -0.25) is 14.5 Å². The first-order valence-electron chi connectivity index (χ1n) is 22.9. The Bertz CT molecular complexity index is 2410. The number of rotatable bonds is 23. The molecule has 0 unspecified atom stereocenters. The molecular formula is C49H65N11O3. The molecule has 2 atom stereocenters. The molecule has 0 radical (unpaired) electrons. The van der Waals surface area contributed by atoms with Crippen molar-refractivity contribution in [2.45, 2.75) is 116 Å². The van der Waals surface area contributed by atoms with E-state index < -0.39 is 6.04 Å². The zero-order valence-corrected chi connectivity index (χ0v) is 37.0. The van der Waals surface area contributed by atoms with Crippen molar-refractivity contribution in [2.75, 3.05) is 19.7 Å². The number of hydrogen-bond donors (Lipinski definition) is 4. The molecule has 1 aliphatic rings. The molecular weight excluding hydrogens is 791 g/mol. The molecule has 63 heavy (non-hydrogen) atoms. The Hall–Kier alpha value is -6.02. The predicted octanol–water partition coefficient (Wildman–Crippen LogP) is 7.88. The van der Waals surface area contributed by atoms with Gasteiger partial charge in [-0.1, -0.05) is 123 Å². The fourth-order valence-corrected chi connectivity index (χ4v) is 8.70. The van der Waals surface area contributed by atoms with Crippen molar-refractivity contribution in [3.63, 3.8) is 0 Å². The van der Waals surface area contributed by atoms with Crippen LogP contribution in [-0.4, -0.2) is 67.6 Å². The number of hydrogen-bond acceptors (Lipinski definition) is 9. The molecule has 2 aromatic heterocycles. The number of nitrogens with two attached hydrogens (primary N) is 3. The van der Waals surface area contributed by atoms with Gasteiger partial charge in [-0.25, -0.2) is 4.68 Å². The Labute approximate surface area is 371 Å². The normalized spacial score (nSPS) is 14.2. The van der Waals surface area contributed by atoms with Gasteiger partial charge in [0.05, 0.1) is 25.0 Å². The third kappa shape index (κ3) is 12.3. The number of fused-ring (bicyclic) bond motifs is 2. The lowest BCUT2D eigenvalue weighted by atomic mass is 9.86. The second-order valence-electron chi connectivity index (χ2n) is 17.4. The van der Waals surface area contributed by atoms with Crippen LogP contribution in [0.1, 0.15) is 102 Å². The number of guanidine groups is 1. The molecule has 1 fully saturated rings. The van der Waals surface area contributed by atoms with Crippen molar-refractivity contribution in [1.82, 2.24) is 35.3 Å². The minimum Gasteiger partial charge on any atom is -0.493 e. The fourth-order valence-electron chi connectivity index (χ4n) is 8.70. The number of benzene rings is 4. The van der Waals surface area contributed by atoms with Gasteiger partial charge in [0.2, 0.25) is 5.91 Å². The summed E-state index contributed by atoms with van der Waals surface area (Å²) in [6.07, 6.45) is 15.6. The van der Waals surface area contributed by atoms with E-state index in [0.29, 0.717) is 62.4 Å². The van der Waals surface area contributed by atoms with Gasteiger partial charge in [-0.2, -0.15) is 0 Å². The Morgan fingerprint density at radius 2 is 1.48 bits per heavy atom. The summed E-state index contributed by atoms with van der Waals surface area (Å²) in [6.45, 7) is 6.59. The fraction of sp³-hybridized carbons (Fsp3) is 0.469. The average Bonchev–Trinajstić information content (AvgIpc) is 3.95. The Morgan fingerprint density at radius 3 is 2.16 bits per heavy atom. The van der Waals surface area contributed by atoms with E-state index in [-0.39, 0.29) is 24.5 Å². The van der Waals surface area contributed by atoms with E-state index >= 15 is 0 Å². The van der Waals surface area contributed by atoms with Crippen LogP contribution in [0.4, 0.5) is 0 Å². The molecule has 334 valence electrons. The minimum absolute atomic E-state index is 0.0117. The summed E-state index contributed by atoms with van der Waals surface area (Å²) in [7, 11) is 0. The van der Waals surface area contributed by atoms with Crippen molar-refractivity contribution in [3.05, 3.63) is 96.6 Å². The SMILES string of the molecule is CC(C)CCOc1ccc2ccccc2c1-c1c(OCc2cn([C@H](CCCN=C(N)N)C(=O)N[C@H](CCCCN)Cn3cc(CC4CCCCC4)nn3)nn2)ccc2ccccc12. The number of aliphatic imine (C=N–C) groups is 1. The number of nitrogens with zero attached hydrogens (tertiary/aromatic N) is 7. The summed E-state index contributed by atoms with van der Waals surface area (Å²) in [5.74, 6) is 2.51. The van der Waals surface area contributed by atoms with Crippen LogP contribution in [0.3, 0.4) is 0 Å². The zero-order chi connectivity index (χ0) is 44.0. The summed E-state index contributed by atoms with van der Waals surface area (Å²) >= 11 is 0. The molecule has 7 rings (SSSR count). The monoisotopic (exact) mass is 856 g/mol. The quantitative estimate of drug-likeness (QED) is 0.0279. The lowest BCUT2D eigenvalue weighted by Crippen LogP contribution is -2.42. The Kier molecular flexibility index (Phi) is 16.0. The van der Waals surface area contributed by atoms with Crippen molar-refractivity contribution in [2.24, 2.45) is 34.0 Å². The maximum atomic E-state index is 14.3. The molecule has 4 aromatic carbocycles. The van der Waals surface area contributed by atoms with Gasteiger partial charge in [0.15, 0.2) is 5.96 Å². The van der Waals surface area contributed by atoms with E-state index in [9.17, 15) is 4.79 Å². The first-order chi connectivity index (χ1) is 30.7. The van der Waals surface area contributed by atoms with Crippen molar-refractivity contribution in [1.29, 1.82) is 0 Å². The number of amides is 1. The van der Waals surface area contributed by atoms with Crippen LogP contribution < -0.4 is 32.0 Å². The van der Waals surface area contributed by atoms with Gasteiger partial charge >= 0.3 is 0 Å². The third-order valence-corrected chi connectivity index (χ3v) is 12.0. The predicted molar refractivity (Wildman–Crippen MR) is 250 cm³/mol. The van der Waals surface area contributed by atoms with Gasteiger partial charge in [0.1, 0.15) is 29.8 Å². The van der Waals surface area contributed by atoms with E-state index in [0.717, 1.165) is 76.2 Å². The second kappa shape index (κ2) is 22.4. The molecule has 0 bridgehead atoms. The maximum Gasteiger partial charge on any atom is 0.245 e. The molecule has 6 aromatic rings. The van der Waals surface area contributed by atoms with Crippen LogP contribution in [0.15, 0.2) is 90.2 Å². The van der Waals surface area contributed by atoms with Crippen molar-refractivity contribution in [3.8, 4) is 22.6 Å². The van der Waals surface area contributed by atoms with Crippen LogP contribution in [0.5, 0.6) is 11.5 Å². The van der Waals surface area contributed by atoms with Crippen LogP contribution in [0.25, 0.3) is 32.7 Å². The Balaban J connectivity index is 1.13. The van der Waals surface area contributed by atoms with E-state index in [1.165, 1.54) is 32.1 Å². The first-order valence-corrected chi connectivity index (χ1v) is 22.9. The highest BCUT2D eigenvalue weighted by atomic mass is 16.5. The summed E-state index contributed by atoms with van der Waals surface area (Å²) < 4.78 is 16.7. The zero-order valence-electron chi connectivity index (χ0n) is 37.0. The molecule has 1 aliphatic carbocycles. The highest BCUT2D eigenvalue weighted by Gasteiger charge is 2.26. The summed E-state index contributed by atoms with van der Waals surface area (Å²) in [5, 5.41) is 25.6. The largest absolute Gasteiger partial charge is 0.493 e. The molecule has 1 saturated carbocycles. The van der Waals surface area contributed by atoms with Crippen LogP contribution in [-0.2, 0) is 24.4 Å². The van der Waals surface area contributed by atoms with Crippen LogP contribution in [0, 0.1) is 11.8 Å². The molecule has 0 spiro atoms. The number of carbonyl (C=O) groups excluding carboxylic acids is 1. The Morgan fingerprint density at radius 1 is 0.794 bits per heavy atom. The number of aromatic nitrogens is 6. The summed E-state index contributed by atoms with van der Waals surface area (Å²) in [5.41, 5.74) is 20.7. The van der Waals surface area contributed by atoms with E-state index in [2.05, 4.69) is 99.4 Å². The number of ether oxygens (including phenoxy) is 2. The topological polar surface area (TPSA) is 199 Å². The van der Waals surface area contributed by atoms with Gasteiger partial charge < -0.3 is 32.0 Å². The van der Waals surface area contributed by atoms with Gasteiger partial charge in [0.25, 0.3) is 0 Å². The number of nitrogens with one attached hydrogen (secondary N) is 1. The molecule has 14 heteroatoms. The second-order valence-corrected chi connectivity index (χ2v) is 17.4. The smallest absolute Gasteiger partial charge is 0.245 e. The van der Waals surface area contributed by atoms with Gasteiger partial charge in [-0.05, 0) is 90.6 Å². The lowest BCUT2D eigenvalue weighted by Gasteiger charge is -2.23. The number of carbonyl (C=O) groups is 1. The van der Waals surface area contributed by atoms with Gasteiger partial charge in [0, 0.05) is 29.9 Å². The molecule has 2 heterocycles. The molecule has 1 amide bonds. The number of unbranched alkanes of at least 4 members (excludes halogenated alkanes) is 1. The van der Waals surface area contributed by atoms with Crippen molar-refractivity contribution >= 4 is 33.4 Å². The molecule has 0 saturated heterocycles. The molecule has 0 aliphatic heterocycles. The molecule has 7 N–H and O–H groups in total.